The molecular formula is C27H24ClN9O. The molecule has 1 atom stereocenters. The van der Waals surface area contributed by atoms with Gasteiger partial charge in [-0.1, -0.05) is 48.0 Å². The number of halogens is 1. The fraction of sp³-hybridized carbons (Fsp3) is 0.111. The molecule has 6 rings (SSSR count). The number of rotatable bonds is 6. The average Bonchev–Trinajstić information content (AvgIpc) is 3.58. The maximum atomic E-state index is 13.4. The number of nitrogens with two attached hydrogens (primary N) is 2. The summed E-state index contributed by atoms with van der Waals surface area (Å²) in [6.45, 7) is 0. The van der Waals surface area contributed by atoms with E-state index in [2.05, 4.69) is 25.6 Å². The second-order valence-electron chi connectivity index (χ2n) is 9.11. The number of imidazole rings is 1. The van der Waals surface area contributed by atoms with Gasteiger partial charge in [-0.15, -0.1) is 0 Å². The molecule has 3 heterocycles. The second-order valence-corrected chi connectivity index (χ2v) is 9.49. The number of nitrogen functional groups attached to an aromatic ring is 2. The molecule has 0 fully saturated rings. The maximum Gasteiger partial charge on any atom is 0.251 e. The summed E-state index contributed by atoms with van der Waals surface area (Å²) in [6.07, 6.45) is 0.507. The molecule has 0 bridgehead atoms. The van der Waals surface area contributed by atoms with Gasteiger partial charge in [0.05, 0.1) is 17.1 Å². The average molecular weight is 526 g/mol. The van der Waals surface area contributed by atoms with Crippen LogP contribution < -0.4 is 16.8 Å². The zero-order valence-corrected chi connectivity index (χ0v) is 21.1. The third kappa shape index (κ3) is 4.20. The fourth-order valence-electron chi connectivity index (χ4n) is 4.65. The Labute approximate surface area is 222 Å². The summed E-state index contributed by atoms with van der Waals surface area (Å²) < 4.78 is 1.66. The topological polar surface area (TPSA) is 156 Å². The van der Waals surface area contributed by atoms with Crippen molar-refractivity contribution in [3.63, 3.8) is 0 Å². The van der Waals surface area contributed by atoms with E-state index in [0.29, 0.717) is 40.3 Å². The van der Waals surface area contributed by atoms with Gasteiger partial charge in [0.2, 0.25) is 0 Å². The Balaban J connectivity index is 1.35. The van der Waals surface area contributed by atoms with Gasteiger partial charge < -0.3 is 21.8 Å². The number of nitrogens with one attached hydrogen (secondary N) is 3. The summed E-state index contributed by atoms with van der Waals surface area (Å²) in [5, 5.41) is 16.3. The van der Waals surface area contributed by atoms with Crippen LogP contribution in [-0.2, 0) is 13.5 Å². The monoisotopic (exact) mass is 525 g/mol. The Hall–Kier alpha value is -4.83. The number of amides is 1. The van der Waals surface area contributed by atoms with Crippen molar-refractivity contribution in [1.29, 1.82) is 0 Å². The zero-order valence-electron chi connectivity index (χ0n) is 20.4. The minimum absolute atomic E-state index is 0.254. The van der Waals surface area contributed by atoms with Gasteiger partial charge in [-0.05, 0) is 42.3 Å². The van der Waals surface area contributed by atoms with E-state index in [1.165, 1.54) is 0 Å². The number of aromatic amines is 2. The number of aromatic nitrogens is 6. The molecule has 3 aromatic carbocycles. The number of nitrogens with zero attached hydrogens (tertiary/aromatic N) is 4. The van der Waals surface area contributed by atoms with Crippen molar-refractivity contribution < 1.29 is 4.79 Å². The van der Waals surface area contributed by atoms with Crippen LogP contribution in [0.25, 0.3) is 33.1 Å². The number of aryl methyl sites for hydroxylation is 1. The van der Waals surface area contributed by atoms with Gasteiger partial charge in [0.1, 0.15) is 16.7 Å². The number of H-pyrrole nitrogens is 2. The first kappa shape index (κ1) is 23.6. The van der Waals surface area contributed by atoms with E-state index < -0.39 is 6.04 Å². The van der Waals surface area contributed by atoms with Gasteiger partial charge in [-0.2, -0.15) is 10.2 Å². The second kappa shape index (κ2) is 9.24. The summed E-state index contributed by atoms with van der Waals surface area (Å²) in [6, 6.07) is 20.4. The molecule has 0 saturated heterocycles. The molecule has 3 aromatic heterocycles. The molecule has 38 heavy (non-hydrogen) atoms. The highest BCUT2D eigenvalue weighted by molar-refractivity contribution is 6.32. The third-order valence-corrected chi connectivity index (χ3v) is 6.88. The zero-order chi connectivity index (χ0) is 26.4. The van der Waals surface area contributed by atoms with Crippen LogP contribution >= 0.6 is 11.6 Å². The van der Waals surface area contributed by atoms with E-state index in [-0.39, 0.29) is 5.91 Å². The van der Waals surface area contributed by atoms with Crippen molar-refractivity contribution in [3.05, 3.63) is 88.8 Å². The first-order valence-electron chi connectivity index (χ1n) is 11.9. The predicted octanol–water partition coefficient (Wildman–Crippen LogP) is 4.37. The summed E-state index contributed by atoms with van der Waals surface area (Å²) >= 11 is 6.62. The molecule has 0 radical (unpaired) electrons. The van der Waals surface area contributed by atoms with E-state index in [0.717, 1.165) is 32.9 Å². The molecule has 7 N–H and O–H groups in total. The smallest absolute Gasteiger partial charge is 0.251 e. The molecule has 0 spiro atoms. The molecular weight excluding hydrogens is 502 g/mol. The first-order chi connectivity index (χ1) is 18.4. The molecule has 0 aliphatic rings. The van der Waals surface area contributed by atoms with Crippen LogP contribution in [0.5, 0.6) is 0 Å². The van der Waals surface area contributed by atoms with Crippen LogP contribution in [0.15, 0.2) is 66.7 Å². The minimum Gasteiger partial charge on any atom is -0.382 e. The lowest BCUT2D eigenvalue weighted by atomic mass is 10.0. The van der Waals surface area contributed by atoms with Crippen molar-refractivity contribution >= 4 is 50.9 Å². The number of anilines is 2. The summed E-state index contributed by atoms with van der Waals surface area (Å²) in [4.78, 5) is 21.4. The molecule has 0 saturated carbocycles. The third-order valence-electron chi connectivity index (χ3n) is 6.60. The standard InChI is InChI=1S/C27H24ClN9O/c1-37-21-13-16(8-10-18(21)25(30)36-37)27(38)31-20(11-14-5-3-2-4-6-14)26-32-22(23(28)33-26)15-7-9-17-19(12-15)34-35-24(17)29/h2-10,12-13,20H,11H2,1H3,(H2,30,36)(H,31,38)(H,32,33)(H3,29,34,35)/t20-/m0/s1. The van der Waals surface area contributed by atoms with Crippen LogP contribution in [0.3, 0.4) is 0 Å². The maximum absolute atomic E-state index is 13.4. The van der Waals surface area contributed by atoms with Crippen LogP contribution in [0, 0.1) is 0 Å². The van der Waals surface area contributed by atoms with Gasteiger partial charge in [-0.3, -0.25) is 14.6 Å². The van der Waals surface area contributed by atoms with Crippen LogP contribution in [-0.4, -0.2) is 35.9 Å². The number of hydrogen-bond acceptors (Lipinski definition) is 6. The van der Waals surface area contributed by atoms with Gasteiger partial charge in [0.25, 0.3) is 5.91 Å². The van der Waals surface area contributed by atoms with Crippen LogP contribution in [0.2, 0.25) is 5.15 Å². The first-order valence-corrected chi connectivity index (χ1v) is 12.3. The largest absolute Gasteiger partial charge is 0.382 e. The van der Waals surface area contributed by atoms with Gasteiger partial charge in [-0.25, -0.2) is 4.98 Å². The fourth-order valence-corrected chi connectivity index (χ4v) is 4.90. The van der Waals surface area contributed by atoms with E-state index in [4.69, 9.17) is 28.1 Å². The van der Waals surface area contributed by atoms with E-state index in [1.54, 1.807) is 29.9 Å². The van der Waals surface area contributed by atoms with Crippen molar-refractivity contribution in [2.75, 3.05) is 11.5 Å². The van der Waals surface area contributed by atoms with Crippen LogP contribution in [0.1, 0.15) is 27.8 Å². The number of carbonyl (C=O) groups is 1. The number of fused-ring (bicyclic) bond motifs is 2. The highest BCUT2D eigenvalue weighted by Crippen LogP contribution is 2.31. The lowest BCUT2D eigenvalue weighted by Gasteiger charge is -2.17. The van der Waals surface area contributed by atoms with Gasteiger partial charge in [0.15, 0.2) is 11.6 Å². The van der Waals surface area contributed by atoms with Crippen molar-refractivity contribution in [2.24, 2.45) is 7.05 Å². The molecule has 0 aliphatic carbocycles. The highest BCUT2D eigenvalue weighted by atomic mass is 35.5. The number of hydrogen-bond donors (Lipinski definition) is 5. The molecule has 0 aliphatic heterocycles. The molecule has 11 heteroatoms. The molecule has 6 aromatic rings. The number of carbonyl (C=O) groups excluding carboxylic acids is 1. The molecule has 10 nitrogen and oxygen atoms in total. The van der Waals surface area contributed by atoms with Crippen LogP contribution in [0.4, 0.5) is 11.6 Å². The molecule has 1 amide bonds. The number of benzene rings is 3. The molecule has 0 unspecified atom stereocenters. The van der Waals surface area contributed by atoms with Crippen molar-refractivity contribution in [2.45, 2.75) is 12.5 Å². The normalized spacial score (nSPS) is 12.3. The van der Waals surface area contributed by atoms with E-state index in [1.807, 2.05) is 48.5 Å². The highest BCUT2D eigenvalue weighted by Gasteiger charge is 2.23. The van der Waals surface area contributed by atoms with Gasteiger partial charge >= 0.3 is 0 Å². The Morgan fingerprint density at radius 2 is 1.84 bits per heavy atom. The summed E-state index contributed by atoms with van der Waals surface area (Å²) in [5.74, 6) is 1.14. The SMILES string of the molecule is Cn1nc(N)c2ccc(C(=O)N[C@@H](Cc3ccccc3)c3nc(-c4ccc5c(N)n[nH]c5c4)c(Cl)[nH]3)cc21. The van der Waals surface area contributed by atoms with Crippen molar-refractivity contribution in [1.82, 2.24) is 35.3 Å². The Morgan fingerprint density at radius 1 is 1.05 bits per heavy atom. The summed E-state index contributed by atoms with van der Waals surface area (Å²) in [7, 11) is 1.79. The Morgan fingerprint density at radius 3 is 2.66 bits per heavy atom. The quantitative estimate of drug-likeness (QED) is 0.217. The lowest BCUT2D eigenvalue weighted by Crippen LogP contribution is -2.30. The van der Waals surface area contributed by atoms with E-state index in [9.17, 15) is 4.79 Å². The molecule has 190 valence electrons. The van der Waals surface area contributed by atoms with Gasteiger partial charge in [0, 0.05) is 28.9 Å². The van der Waals surface area contributed by atoms with Crippen molar-refractivity contribution in [3.8, 4) is 11.3 Å². The minimum atomic E-state index is -0.477. The Bertz CT molecular complexity index is 1800. The Kier molecular flexibility index (Phi) is 5.73. The summed E-state index contributed by atoms with van der Waals surface area (Å²) in [5.41, 5.74) is 16.3. The predicted molar refractivity (Wildman–Crippen MR) is 149 cm³/mol. The van der Waals surface area contributed by atoms with E-state index >= 15 is 0 Å². The lowest BCUT2D eigenvalue weighted by molar-refractivity contribution is 0.0935.